The summed E-state index contributed by atoms with van der Waals surface area (Å²) in [6.45, 7) is 0.729. The first kappa shape index (κ1) is 12.0. The van der Waals surface area contributed by atoms with E-state index in [2.05, 4.69) is 52.8 Å². The van der Waals surface area contributed by atoms with Gasteiger partial charge in [-0.05, 0) is 22.4 Å². The average Bonchev–Trinajstić information content (AvgIpc) is 2.46. The van der Waals surface area contributed by atoms with Crippen molar-refractivity contribution in [1.82, 2.24) is 4.98 Å². The van der Waals surface area contributed by atoms with Crippen LogP contribution >= 0.6 is 11.6 Å². The third-order valence-electron chi connectivity index (χ3n) is 3.12. The Labute approximate surface area is 117 Å². The van der Waals surface area contributed by atoms with Gasteiger partial charge in [-0.1, -0.05) is 54.1 Å². The molecule has 0 radical (unpaired) electrons. The van der Waals surface area contributed by atoms with Gasteiger partial charge in [0.2, 0.25) is 0 Å². The van der Waals surface area contributed by atoms with Gasteiger partial charge in [-0.15, -0.1) is 0 Å². The highest BCUT2D eigenvalue weighted by atomic mass is 35.5. The van der Waals surface area contributed by atoms with Crippen LogP contribution in [0, 0.1) is 0 Å². The van der Waals surface area contributed by atoms with E-state index in [4.69, 9.17) is 11.6 Å². The van der Waals surface area contributed by atoms with Crippen molar-refractivity contribution in [2.75, 3.05) is 5.32 Å². The molecule has 3 aromatic rings. The monoisotopic (exact) mass is 268 g/mol. The summed E-state index contributed by atoms with van der Waals surface area (Å²) in [4.78, 5) is 4.07. The number of hydrogen-bond donors (Lipinski definition) is 1. The summed E-state index contributed by atoms with van der Waals surface area (Å²) in [7, 11) is 0. The standard InChI is InChI=1S/C16H13ClN2/c17-15-8-9-18-11-16(15)19-10-13-6-3-5-12-4-1-2-7-14(12)13/h1-9,11,19H,10H2. The molecular weight excluding hydrogens is 256 g/mol. The SMILES string of the molecule is Clc1ccncc1NCc1cccc2ccccc12. The number of aromatic nitrogens is 1. The van der Waals surface area contributed by atoms with Crippen LogP contribution in [0.4, 0.5) is 5.69 Å². The maximum Gasteiger partial charge on any atom is 0.0718 e. The van der Waals surface area contributed by atoms with Gasteiger partial charge in [0.1, 0.15) is 0 Å². The molecule has 0 atom stereocenters. The van der Waals surface area contributed by atoms with Crippen LogP contribution in [0.2, 0.25) is 5.02 Å². The molecule has 0 aliphatic carbocycles. The van der Waals surface area contributed by atoms with Gasteiger partial charge in [0, 0.05) is 12.7 Å². The first-order valence-corrected chi connectivity index (χ1v) is 6.52. The molecular formula is C16H13ClN2. The first-order valence-electron chi connectivity index (χ1n) is 6.14. The highest BCUT2D eigenvalue weighted by molar-refractivity contribution is 6.33. The van der Waals surface area contributed by atoms with E-state index in [-0.39, 0.29) is 0 Å². The van der Waals surface area contributed by atoms with E-state index in [1.165, 1.54) is 16.3 Å². The number of benzene rings is 2. The third-order valence-corrected chi connectivity index (χ3v) is 3.45. The molecule has 2 aromatic carbocycles. The zero-order valence-corrected chi connectivity index (χ0v) is 11.1. The van der Waals surface area contributed by atoms with Crippen molar-refractivity contribution < 1.29 is 0 Å². The molecule has 0 fully saturated rings. The van der Waals surface area contributed by atoms with Gasteiger partial charge in [-0.25, -0.2) is 0 Å². The molecule has 0 saturated carbocycles. The number of nitrogens with zero attached hydrogens (tertiary/aromatic N) is 1. The molecule has 0 spiro atoms. The van der Waals surface area contributed by atoms with Gasteiger partial charge in [0.25, 0.3) is 0 Å². The molecule has 3 heteroatoms. The van der Waals surface area contributed by atoms with Gasteiger partial charge < -0.3 is 5.32 Å². The topological polar surface area (TPSA) is 24.9 Å². The molecule has 0 bridgehead atoms. The zero-order chi connectivity index (χ0) is 13.1. The summed E-state index contributed by atoms with van der Waals surface area (Å²) in [6.07, 6.45) is 3.43. The van der Waals surface area contributed by atoms with Crippen molar-refractivity contribution in [3.63, 3.8) is 0 Å². The molecule has 1 heterocycles. The van der Waals surface area contributed by atoms with Crippen LogP contribution in [0.25, 0.3) is 10.8 Å². The second kappa shape index (κ2) is 5.29. The van der Waals surface area contributed by atoms with E-state index in [1.54, 1.807) is 18.5 Å². The molecule has 0 aliphatic heterocycles. The van der Waals surface area contributed by atoms with Crippen LogP contribution in [-0.4, -0.2) is 4.98 Å². The summed E-state index contributed by atoms with van der Waals surface area (Å²) >= 11 is 6.11. The smallest absolute Gasteiger partial charge is 0.0718 e. The van der Waals surface area contributed by atoms with E-state index in [0.717, 1.165) is 12.2 Å². The van der Waals surface area contributed by atoms with Crippen LogP contribution in [0.1, 0.15) is 5.56 Å². The van der Waals surface area contributed by atoms with Crippen molar-refractivity contribution in [2.45, 2.75) is 6.54 Å². The van der Waals surface area contributed by atoms with Crippen LogP contribution < -0.4 is 5.32 Å². The number of pyridine rings is 1. The Bertz CT molecular complexity index is 704. The normalized spacial score (nSPS) is 10.6. The summed E-state index contributed by atoms with van der Waals surface area (Å²) in [5.74, 6) is 0. The lowest BCUT2D eigenvalue weighted by Crippen LogP contribution is -2.00. The molecule has 0 saturated heterocycles. The fraction of sp³-hybridized carbons (Fsp3) is 0.0625. The number of anilines is 1. The Kier molecular flexibility index (Phi) is 3.34. The highest BCUT2D eigenvalue weighted by Gasteiger charge is 2.02. The second-order valence-corrected chi connectivity index (χ2v) is 4.75. The number of halogens is 1. The average molecular weight is 269 g/mol. The number of fused-ring (bicyclic) bond motifs is 1. The van der Waals surface area contributed by atoms with E-state index < -0.39 is 0 Å². The molecule has 0 amide bonds. The molecule has 3 rings (SSSR count). The van der Waals surface area contributed by atoms with Gasteiger partial charge >= 0.3 is 0 Å². The lowest BCUT2D eigenvalue weighted by atomic mass is 10.0. The largest absolute Gasteiger partial charge is 0.378 e. The van der Waals surface area contributed by atoms with Gasteiger partial charge in [-0.2, -0.15) is 0 Å². The lowest BCUT2D eigenvalue weighted by Gasteiger charge is -2.10. The maximum absolute atomic E-state index is 6.11. The summed E-state index contributed by atoms with van der Waals surface area (Å²) in [6, 6.07) is 16.5. The Hall–Kier alpha value is -2.06. The Morgan fingerprint density at radius 1 is 1.00 bits per heavy atom. The second-order valence-electron chi connectivity index (χ2n) is 4.35. The predicted molar refractivity (Wildman–Crippen MR) is 80.5 cm³/mol. The lowest BCUT2D eigenvalue weighted by molar-refractivity contribution is 1.15. The quantitative estimate of drug-likeness (QED) is 0.756. The van der Waals surface area contributed by atoms with E-state index in [0.29, 0.717) is 5.02 Å². The van der Waals surface area contributed by atoms with Gasteiger partial charge in [0.05, 0.1) is 16.9 Å². The molecule has 19 heavy (non-hydrogen) atoms. The molecule has 0 unspecified atom stereocenters. The first-order chi connectivity index (χ1) is 9.34. The number of rotatable bonds is 3. The van der Waals surface area contributed by atoms with E-state index in [1.807, 2.05) is 0 Å². The highest BCUT2D eigenvalue weighted by Crippen LogP contribution is 2.22. The summed E-state index contributed by atoms with van der Waals surface area (Å²) in [5.41, 5.74) is 2.11. The van der Waals surface area contributed by atoms with Crippen molar-refractivity contribution >= 4 is 28.1 Å². The minimum Gasteiger partial charge on any atom is -0.378 e. The Morgan fingerprint density at radius 2 is 1.84 bits per heavy atom. The van der Waals surface area contributed by atoms with Crippen molar-refractivity contribution in [2.24, 2.45) is 0 Å². The summed E-state index contributed by atoms with van der Waals surface area (Å²) < 4.78 is 0. The third kappa shape index (κ3) is 2.54. The van der Waals surface area contributed by atoms with Crippen molar-refractivity contribution in [3.8, 4) is 0 Å². The molecule has 1 N–H and O–H groups in total. The van der Waals surface area contributed by atoms with Crippen molar-refractivity contribution in [3.05, 3.63) is 71.5 Å². The van der Waals surface area contributed by atoms with Crippen LogP contribution in [-0.2, 0) is 6.54 Å². The Balaban J connectivity index is 1.88. The maximum atomic E-state index is 6.11. The summed E-state index contributed by atoms with van der Waals surface area (Å²) in [5, 5.41) is 6.53. The number of hydrogen-bond acceptors (Lipinski definition) is 2. The minimum atomic E-state index is 0.690. The molecule has 2 nitrogen and oxygen atoms in total. The molecule has 1 aromatic heterocycles. The van der Waals surface area contributed by atoms with E-state index >= 15 is 0 Å². The Morgan fingerprint density at radius 3 is 2.74 bits per heavy atom. The van der Waals surface area contributed by atoms with Gasteiger partial charge in [0.15, 0.2) is 0 Å². The van der Waals surface area contributed by atoms with Crippen molar-refractivity contribution in [1.29, 1.82) is 0 Å². The van der Waals surface area contributed by atoms with Crippen LogP contribution in [0.5, 0.6) is 0 Å². The predicted octanol–water partition coefficient (Wildman–Crippen LogP) is 4.50. The fourth-order valence-electron chi connectivity index (χ4n) is 2.14. The zero-order valence-electron chi connectivity index (χ0n) is 10.3. The molecule has 0 aliphatic rings. The van der Waals surface area contributed by atoms with E-state index in [9.17, 15) is 0 Å². The van der Waals surface area contributed by atoms with Crippen LogP contribution in [0.15, 0.2) is 60.9 Å². The fourth-order valence-corrected chi connectivity index (χ4v) is 2.32. The number of nitrogens with one attached hydrogen (secondary N) is 1. The molecule has 94 valence electrons. The van der Waals surface area contributed by atoms with Gasteiger partial charge in [-0.3, -0.25) is 4.98 Å². The minimum absolute atomic E-state index is 0.690. The van der Waals surface area contributed by atoms with Crippen LogP contribution in [0.3, 0.4) is 0 Å².